The topological polar surface area (TPSA) is 44.8 Å². The first-order valence-electron chi connectivity index (χ1n) is 5.29. The smallest absolute Gasteiger partial charge is 0.337 e. The quantitative estimate of drug-likeness (QED) is 0.738. The Kier molecular flexibility index (Phi) is 3.71. The SMILES string of the molecule is COC(=O)c1ccc(C2COCCO2)c(F)c1. The van der Waals surface area contributed by atoms with E-state index >= 15 is 0 Å². The lowest BCUT2D eigenvalue weighted by Gasteiger charge is -2.23. The maximum atomic E-state index is 13.8. The van der Waals surface area contributed by atoms with Crippen LogP contribution in [-0.4, -0.2) is 32.9 Å². The molecule has 0 aromatic heterocycles. The lowest BCUT2D eigenvalue weighted by molar-refractivity contribution is -0.0913. The summed E-state index contributed by atoms with van der Waals surface area (Å²) in [7, 11) is 1.26. The van der Waals surface area contributed by atoms with Crippen molar-refractivity contribution in [3.63, 3.8) is 0 Å². The Morgan fingerprint density at radius 3 is 2.88 bits per heavy atom. The van der Waals surface area contributed by atoms with Crippen molar-refractivity contribution < 1.29 is 23.4 Å². The average molecular weight is 240 g/mol. The summed E-state index contributed by atoms with van der Waals surface area (Å²) in [6.07, 6.45) is -0.407. The molecule has 0 N–H and O–H groups in total. The molecular weight excluding hydrogens is 227 g/mol. The largest absolute Gasteiger partial charge is 0.465 e. The Balaban J connectivity index is 2.21. The summed E-state index contributed by atoms with van der Waals surface area (Å²) in [6, 6.07) is 4.20. The van der Waals surface area contributed by atoms with Crippen LogP contribution in [0.25, 0.3) is 0 Å². The van der Waals surface area contributed by atoms with Gasteiger partial charge in [-0.2, -0.15) is 0 Å². The van der Waals surface area contributed by atoms with Crippen LogP contribution in [0.15, 0.2) is 18.2 Å². The maximum Gasteiger partial charge on any atom is 0.337 e. The van der Waals surface area contributed by atoms with Crippen LogP contribution in [0.1, 0.15) is 22.0 Å². The molecule has 1 fully saturated rings. The van der Waals surface area contributed by atoms with Gasteiger partial charge in [-0.25, -0.2) is 9.18 Å². The van der Waals surface area contributed by atoms with Crippen molar-refractivity contribution in [1.29, 1.82) is 0 Å². The number of benzene rings is 1. The van der Waals surface area contributed by atoms with Crippen LogP contribution in [0.3, 0.4) is 0 Å². The molecule has 1 heterocycles. The van der Waals surface area contributed by atoms with E-state index in [9.17, 15) is 9.18 Å². The van der Waals surface area contributed by atoms with E-state index in [1.54, 1.807) is 0 Å². The Hall–Kier alpha value is -1.46. The second-order valence-corrected chi connectivity index (χ2v) is 3.66. The molecule has 1 atom stereocenters. The van der Waals surface area contributed by atoms with Gasteiger partial charge < -0.3 is 14.2 Å². The molecule has 17 heavy (non-hydrogen) atoms. The highest BCUT2D eigenvalue weighted by Gasteiger charge is 2.21. The van der Waals surface area contributed by atoms with E-state index in [0.29, 0.717) is 25.4 Å². The van der Waals surface area contributed by atoms with Gasteiger partial charge in [0.15, 0.2) is 0 Å². The number of carbonyl (C=O) groups is 1. The lowest BCUT2D eigenvalue weighted by Crippen LogP contribution is -2.22. The molecule has 0 amide bonds. The third kappa shape index (κ3) is 2.62. The molecule has 0 radical (unpaired) electrons. The summed E-state index contributed by atoms with van der Waals surface area (Å²) in [5, 5.41) is 0. The molecule has 92 valence electrons. The number of rotatable bonds is 2. The Bertz CT molecular complexity index is 413. The maximum absolute atomic E-state index is 13.8. The zero-order chi connectivity index (χ0) is 12.3. The normalized spacial score (nSPS) is 20.0. The lowest BCUT2D eigenvalue weighted by atomic mass is 10.1. The van der Waals surface area contributed by atoms with E-state index in [-0.39, 0.29) is 5.56 Å². The average Bonchev–Trinajstić information content (AvgIpc) is 2.38. The molecule has 0 spiro atoms. The molecule has 1 aromatic rings. The Morgan fingerprint density at radius 1 is 1.47 bits per heavy atom. The molecule has 5 heteroatoms. The van der Waals surface area contributed by atoms with Gasteiger partial charge in [0.25, 0.3) is 0 Å². The van der Waals surface area contributed by atoms with Gasteiger partial charge in [0.1, 0.15) is 11.9 Å². The molecule has 1 saturated heterocycles. The summed E-state index contributed by atoms with van der Waals surface area (Å²) in [5.41, 5.74) is 0.586. The van der Waals surface area contributed by atoms with Crippen molar-refractivity contribution in [3.8, 4) is 0 Å². The van der Waals surface area contributed by atoms with Crippen LogP contribution in [0, 0.1) is 5.82 Å². The molecule has 2 rings (SSSR count). The Morgan fingerprint density at radius 2 is 2.29 bits per heavy atom. The van der Waals surface area contributed by atoms with Crippen LogP contribution >= 0.6 is 0 Å². The Labute approximate surface area is 98.3 Å². The molecule has 1 aromatic carbocycles. The van der Waals surface area contributed by atoms with Gasteiger partial charge in [-0.3, -0.25) is 0 Å². The van der Waals surface area contributed by atoms with E-state index in [4.69, 9.17) is 9.47 Å². The van der Waals surface area contributed by atoms with Gasteiger partial charge >= 0.3 is 5.97 Å². The van der Waals surface area contributed by atoms with Crippen molar-refractivity contribution in [2.75, 3.05) is 26.9 Å². The van der Waals surface area contributed by atoms with E-state index < -0.39 is 17.9 Å². The molecule has 0 saturated carbocycles. The standard InChI is InChI=1S/C12H13FO4/c1-15-12(14)8-2-3-9(10(13)6-8)11-7-16-4-5-17-11/h2-3,6,11H,4-5,7H2,1H3. The fraction of sp³-hybridized carbons (Fsp3) is 0.417. The second kappa shape index (κ2) is 5.25. The summed E-state index contributed by atoms with van der Waals surface area (Å²) in [5.74, 6) is -1.04. The molecule has 1 aliphatic rings. The number of ether oxygens (including phenoxy) is 3. The van der Waals surface area contributed by atoms with Crippen LogP contribution in [-0.2, 0) is 14.2 Å². The number of halogens is 1. The van der Waals surface area contributed by atoms with Crippen molar-refractivity contribution in [2.24, 2.45) is 0 Å². The summed E-state index contributed by atoms with van der Waals surface area (Å²) in [6.45, 7) is 1.30. The van der Waals surface area contributed by atoms with Gasteiger partial charge in [-0.05, 0) is 12.1 Å². The predicted molar refractivity (Wildman–Crippen MR) is 57.3 cm³/mol. The third-order valence-corrected chi connectivity index (χ3v) is 2.58. The van der Waals surface area contributed by atoms with Crippen LogP contribution in [0.2, 0.25) is 0 Å². The van der Waals surface area contributed by atoms with Crippen molar-refractivity contribution in [1.82, 2.24) is 0 Å². The fourth-order valence-electron chi connectivity index (χ4n) is 1.70. The van der Waals surface area contributed by atoms with E-state index in [2.05, 4.69) is 4.74 Å². The van der Waals surface area contributed by atoms with Gasteiger partial charge in [-0.1, -0.05) is 6.07 Å². The first kappa shape index (κ1) is 12.0. The monoisotopic (exact) mass is 240 g/mol. The molecule has 4 nitrogen and oxygen atoms in total. The molecule has 1 unspecified atom stereocenters. The van der Waals surface area contributed by atoms with Crippen molar-refractivity contribution in [3.05, 3.63) is 35.1 Å². The first-order chi connectivity index (χ1) is 8.22. The number of esters is 1. The molecular formula is C12H13FO4. The highest BCUT2D eigenvalue weighted by atomic mass is 19.1. The number of methoxy groups -OCH3 is 1. The minimum absolute atomic E-state index is 0.186. The minimum atomic E-state index is -0.559. The van der Waals surface area contributed by atoms with Crippen LogP contribution < -0.4 is 0 Å². The molecule has 0 aliphatic carbocycles. The van der Waals surface area contributed by atoms with Gasteiger partial charge in [-0.15, -0.1) is 0 Å². The van der Waals surface area contributed by atoms with E-state index in [0.717, 1.165) is 6.07 Å². The van der Waals surface area contributed by atoms with Gasteiger partial charge in [0, 0.05) is 5.56 Å². The second-order valence-electron chi connectivity index (χ2n) is 3.66. The fourth-order valence-corrected chi connectivity index (χ4v) is 1.70. The highest BCUT2D eigenvalue weighted by Crippen LogP contribution is 2.24. The molecule has 1 aliphatic heterocycles. The highest BCUT2D eigenvalue weighted by molar-refractivity contribution is 5.89. The van der Waals surface area contributed by atoms with E-state index in [1.165, 1.54) is 19.2 Å². The summed E-state index contributed by atoms with van der Waals surface area (Å²) in [4.78, 5) is 11.2. The van der Waals surface area contributed by atoms with Gasteiger partial charge in [0.2, 0.25) is 0 Å². The summed E-state index contributed by atoms with van der Waals surface area (Å²) < 4.78 is 28.9. The van der Waals surface area contributed by atoms with Crippen LogP contribution in [0.5, 0.6) is 0 Å². The minimum Gasteiger partial charge on any atom is -0.465 e. The zero-order valence-electron chi connectivity index (χ0n) is 9.44. The van der Waals surface area contributed by atoms with Crippen LogP contribution in [0.4, 0.5) is 4.39 Å². The third-order valence-electron chi connectivity index (χ3n) is 2.58. The zero-order valence-corrected chi connectivity index (χ0v) is 9.44. The van der Waals surface area contributed by atoms with Gasteiger partial charge in [0.05, 0.1) is 32.5 Å². The predicted octanol–water partition coefficient (Wildman–Crippen LogP) is 1.70. The molecule has 0 bridgehead atoms. The van der Waals surface area contributed by atoms with E-state index in [1.807, 2.05) is 0 Å². The summed E-state index contributed by atoms with van der Waals surface area (Å²) >= 11 is 0. The van der Waals surface area contributed by atoms with Crippen molar-refractivity contribution in [2.45, 2.75) is 6.10 Å². The number of carbonyl (C=O) groups excluding carboxylic acids is 1. The van der Waals surface area contributed by atoms with Crippen molar-refractivity contribution >= 4 is 5.97 Å². The number of hydrogen-bond acceptors (Lipinski definition) is 4. The first-order valence-corrected chi connectivity index (χ1v) is 5.29. The number of hydrogen-bond donors (Lipinski definition) is 0.